The van der Waals surface area contributed by atoms with Gasteiger partial charge in [0.2, 0.25) is 0 Å². The minimum Gasteiger partial charge on any atom is -0.377 e. The first kappa shape index (κ1) is 14.0. The number of hydrogen-bond acceptors (Lipinski definition) is 4. The molecule has 0 saturated heterocycles. The Morgan fingerprint density at radius 3 is 2.78 bits per heavy atom. The molecule has 1 aromatic heterocycles. The molecule has 3 N–H and O–H groups in total. The van der Waals surface area contributed by atoms with Gasteiger partial charge in [-0.1, -0.05) is 6.92 Å². The molecule has 1 unspecified atom stereocenters. The van der Waals surface area contributed by atoms with Crippen LogP contribution >= 0.6 is 11.3 Å². The van der Waals surface area contributed by atoms with E-state index in [2.05, 4.69) is 29.2 Å². The Morgan fingerprint density at radius 1 is 1.56 bits per heavy atom. The molecule has 0 aliphatic heterocycles. The van der Waals surface area contributed by atoms with Crippen molar-refractivity contribution in [2.75, 3.05) is 7.11 Å². The molecular weight excluding hydrogens is 244 g/mol. The first-order valence-electron chi connectivity index (χ1n) is 6.72. The van der Waals surface area contributed by atoms with Crippen LogP contribution in [0.3, 0.4) is 0 Å². The van der Waals surface area contributed by atoms with Crippen molar-refractivity contribution in [3.8, 4) is 0 Å². The van der Waals surface area contributed by atoms with Crippen molar-refractivity contribution in [1.29, 1.82) is 0 Å². The second-order valence-electron chi connectivity index (χ2n) is 5.51. The van der Waals surface area contributed by atoms with E-state index in [1.807, 2.05) is 7.11 Å². The molecule has 2 rings (SSSR count). The molecular formula is C14H24N2OS. The Kier molecular flexibility index (Phi) is 4.78. The molecule has 0 amide bonds. The fourth-order valence-electron chi connectivity index (χ4n) is 2.99. The Hall–Kier alpha value is -0.420. The first-order valence-corrected chi connectivity index (χ1v) is 7.67. The number of nitrogens with two attached hydrogens (primary N) is 1. The van der Waals surface area contributed by atoms with Crippen molar-refractivity contribution in [2.45, 2.75) is 50.7 Å². The van der Waals surface area contributed by atoms with Gasteiger partial charge in [0, 0.05) is 7.11 Å². The highest BCUT2D eigenvalue weighted by Crippen LogP contribution is 2.37. The van der Waals surface area contributed by atoms with Crippen LogP contribution in [-0.4, -0.2) is 18.8 Å². The van der Waals surface area contributed by atoms with Crippen LogP contribution in [0, 0.1) is 5.92 Å². The molecule has 0 bridgehead atoms. The van der Waals surface area contributed by atoms with Crippen LogP contribution in [0.2, 0.25) is 0 Å². The summed E-state index contributed by atoms with van der Waals surface area (Å²) in [5, 5.41) is 4.31. The van der Waals surface area contributed by atoms with Crippen LogP contribution in [0.5, 0.6) is 0 Å². The quantitative estimate of drug-likeness (QED) is 0.637. The van der Waals surface area contributed by atoms with Crippen LogP contribution in [0.1, 0.15) is 38.2 Å². The van der Waals surface area contributed by atoms with E-state index in [0.717, 1.165) is 25.2 Å². The van der Waals surface area contributed by atoms with Gasteiger partial charge in [0.15, 0.2) is 0 Å². The van der Waals surface area contributed by atoms with Gasteiger partial charge in [-0.15, -0.1) is 0 Å². The average Bonchev–Trinajstić information content (AvgIpc) is 2.90. The summed E-state index contributed by atoms with van der Waals surface area (Å²) in [5.74, 6) is 6.60. The topological polar surface area (TPSA) is 47.3 Å². The number of methoxy groups -OCH3 is 1. The Labute approximate surface area is 114 Å². The fraction of sp³-hybridized carbons (Fsp3) is 0.714. The predicted molar refractivity (Wildman–Crippen MR) is 76.5 cm³/mol. The maximum Gasteiger partial charge on any atom is 0.0847 e. The molecule has 1 aliphatic rings. The zero-order valence-electron chi connectivity index (χ0n) is 11.3. The van der Waals surface area contributed by atoms with Crippen molar-refractivity contribution in [3.05, 3.63) is 22.4 Å². The molecule has 1 aromatic rings. The van der Waals surface area contributed by atoms with Gasteiger partial charge >= 0.3 is 0 Å². The molecule has 1 atom stereocenters. The number of ether oxygens (including phenoxy) is 1. The molecule has 0 radical (unpaired) electrons. The molecule has 1 heterocycles. The number of thiophene rings is 1. The minimum atomic E-state index is -0.0941. The fourth-order valence-corrected chi connectivity index (χ4v) is 3.67. The van der Waals surface area contributed by atoms with Crippen LogP contribution in [0.25, 0.3) is 0 Å². The van der Waals surface area contributed by atoms with E-state index >= 15 is 0 Å². The monoisotopic (exact) mass is 268 g/mol. The lowest BCUT2D eigenvalue weighted by Crippen LogP contribution is -2.57. The van der Waals surface area contributed by atoms with Gasteiger partial charge < -0.3 is 4.74 Å². The van der Waals surface area contributed by atoms with Gasteiger partial charge in [-0.3, -0.25) is 11.3 Å². The molecule has 1 aliphatic carbocycles. The second-order valence-corrected chi connectivity index (χ2v) is 6.29. The highest BCUT2D eigenvalue weighted by molar-refractivity contribution is 7.07. The van der Waals surface area contributed by atoms with Crippen LogP contribution in [0.15, 0.2) is 16.8 Å². The average molecular weight is 268 g/mol. The predicted octanol–water partition coefficient (Wildman–Crippen LogP) is 2.72. The molecule has 1 saturated carbocycles. The smallest absolute Gasteiger partial charge is 0.0847 e. The van der Waals surface area contributed by atoms with Gasteiger partial charge in [0.25, 0.3) is 0 Å². The van der Waals surface area contributed by atoms with Crippen LogP contribution in [0.4, 0.5) is 0 Å². The molecule has 1 fully saturated rings. The number of hydrogen-bond donors (Lipinski definition) is 2. The van der Waals surface area contributed by atoms with Gasteiger partial charge in [-0.2, -0.15) is 11.3 Å². The second kappa shape index (κ2) is 6.15. The summed E-state index contributed by atoms with van der Waals surface area (Å²) in [7, 11) is 1.83. The van der Waals surface area contributed by atoms with E-state index in [-0.39, 0.29) is 11.6 Å². The van der Waals surface area contributed by atoms with E-state index in [4.69, 9.17) is 10.6 Å². The van der Waals surface area contributed by atoms with Crippen molar-refractivity contribution in [3.63, 3.8) is 0 Å². The van der Waals surface area contributed by atoms with E-state index < -0.39 is 0 Å². The third-order valence-electron chi connectivity index (χ3n) is 4.38. The van der Waals surface area contributed by atoms with Crippen molar-refractivity contribution in [2.24, 2.45) is 11.8 Å². The Bertz CT molecular complexity index is 345. The van der Waals surface area contributed by atoms with Gasteiger partial charge in [-0.05, 0) is 60.4 Å². The zero-order chi connectivity index (χ0) is 13.0. The summed E-state index contributed by atoms with van der Waals surface area (Å²) >= 11 is 1.74. The minimum absolute atomic E-state index is 0.0941. The highest BCUT2D eigenvalue weighted by Gasteiger charge is 2.41. The lowest BCUT2D eigenvalue weighted by Gasteiger charge is -2.43. The number of nitrogens with one attached hydrogen (secondary N) is 1. The van der Waals surface area contributed by atoms with Crippen molar-refractivity contribution < 1.29 is 4.74 Å². The third kappa shape index (κ3) is 2.94. The lowest BCUT2D eigenvalue weighted by atomic mass is 9.74. The Morgan fingerprint density at radius 2 is 2.28 bits per heavy atom. The normalized spacial score (nSPS) is 30.3. The summed E-state index contributed by atoms with van der Waals surface area (Å²) in [5.41, 5.74) is 4.25. The van der Waals surface area contributed by atoms with Gasteiger partial charge in [0.1, 0.15) is 0 Å². The molecule has 0 spiro atoms. The summed E-state index contributed by atoms with van der Waals surface area (Å²) in [4.78, 5) is 0. The van der Waals surface area contributed by atoms with E-state index in [1.54, 1.807) is 11.3 Å². The summed E-state index contributed by atoms with van der Waals surface area (Å²) in [6.07, 6.45) is 5.61. The number of rotatable bonds is 5. The number of hydrazine groups is 1. The van der Waals surface area contributed by atoms with Crippen LogP contribution < -0.4 is 11.3 Å². The standard InChI is InChI=1S/C14H24N2OS/c1-11-3-6-14(17-2,7-4-11)13(16-15)9-12-5-8-18-10-12/h5,8,10-11,13,16H,3-4,6-7,9,15H2,1-2H3. The van der Waals surface area contributed by atoms with Crippen molar-refractivity contribution in [1.82, 2.24) is 5.43 Å². The van der Waals surface area contributed by atoms with Crippen LogP contribution in [-0.2, 0) is 11.2 Å². The Balaban J connectivity index is 2.08. The zero-order valence-corrected chi connectivity index (χ0v) is 12.1. The molecule has 102 valence electrons. The van der Waals surface area contributed by atoms with Gasteiger partial charge in [-0.25, -0.2) is 0 Å². The third-order valence-corrected chi connectivity index (χ3v) is 5.12. The van der Waals surface area contributed by atoms with E-state index in [0.29, 0.717) is 0 Å². The largest absolute Gasteiger partial charge is 0.377 e. The first-order chi connectivity index (χ1) is 8.70. The summed E-state index contributed by atoms with van der Waals surface area (Å²) in [6.45, 7) is 2.32. The SMILES string of the molecule is COC1(C(Cc2ccsc2)NN)CCC(C)CC1. The van der Waals surface area contributed by atoms with Crippen molar-refractivity contribution >= 4 is 11.3 Å². The van der Waals surface area contributed by atoms with E-state index in [9.17, 15) is 0 Å². The maximum absolute atomic E-state index is 5.89. The lowest BCUT2D eigenvalue weighted by molar-refractivity contribution is -0.0746. The summed E-state index contributed by atoms with van der Waals surface area (Å²) in [6, 6.07) is 2.37. The highest BCUT2D eigenvalue weighted by atomic mass is 32.1. The van der Waals surface area contributed by atoms with Gasteiger partial charge in [0.05, 0.1) is 11.6 Å². The molecule has 18 heavy (non-hydrogen) atoms. The summed E-state index contributed by atoms with van der Waals surface area (Å²) < 4.78 is 5.89. The molecule has 0 aromatic carbocycles. The molecule has 3 nitrogen and oxygen atoms in total. The van der Waals surface area contributed by atoms with E-state index in [1.165, 1.54) is 18.4 Å². The maximum atomic E-state index is 5.89. The molecule has 4 heteroatoms.